The molecule has 0 unspecified atom stereocenters. The summed E-state index contributed by atoms with van der Waals surface area (Å²) in [6.45, 7) is 0. The molecule has 0 aliphatic rings. The number of aromatic nitrogens is 2. The van der Waals surface area contributed by atoms with Crippen molar-refractivity contribution < 1.29 is 14.3 Å². The number of halogens is 1. The van der Waals surface area contributed by atoms with Crippen molar-refractivity contribution in [3.63, 3.8) is 0 Å². The van der Waals surface area contributed by atoms with E-state index in [2.05, 4.69) is 4.98 Å². The molecule has 0 saturated carbocycles. The van der Waals surface area contributed by atoms with Crippen LogP contribution < -0.4 is 5.73 Å². The Bertz CT molecular complexity index is 791. The van der Waals surface area contributed by atoms with E-state index in [4.69, 9.17) is 21.8 Å². The number of hydrogen-bond donors (Lipinski definition) is 2. The summed E-state index contributed by atoms with van der Waals surface area (Å²) in [6, 6.07) is 6.49. The third-order valence-electron chi connectivity index (χ3n) is 2.69. The van der Waals surface area contributed by atoms with Crippen LogP contribution in [0.2, 0.25) is 5.22 Å². The van der Waals surface area contributed by atoms with E-state index in [0.717, 1.165) is 0 Å². The lowest BCUT2D eigenvalue weighted by atomic mass is 10.3. The average Bonchev–Trinajstić information content (AvgIpc) is 2.93. The van der Waals surface area contributed by atoms with Crippen LogP contribution in [0.4, 0.5) is 5.69 Å². The zero-order valence-corrected chi connectivity index (χ0v) is 10.3. The molecule has 0 radical (unpaired) electrons. The molecule has 0 fully saturated rings. The molecule has 3 heterocycles. The molecule has 0 aliphatic heterocycles. The van der Waals surface area contributed by atoms with Crippen molar-refractivity contribution in [1.29, 1.82) is 0 Å². The van der Waals surface area contributed by atoms with Crippen molar-refractivity contribution in [1.82, 2.24) is 9.38 Å². The Balaban J connectivity index is 2.38. The van der Waals surface area contributed by atoms with Crippen molar-refractivity contribution in [2.24, 2.45) is 0 Å². The highest BCUT2D eigenvalue weighted by atomic mass is 35.5. The fourth-order valence-electron chi connectivity index (χ4n) is 1.92. The standard InChI is InChI=1S/C12H8ClN3O3/c13-8-4-3-7(19-8)11-15-9(12(17)18)10-6(14)2-1-5-16(10)11/h1-5H,14H2,(H,17,18). The van der Waals surface area contributed by atoms with E-state index in [-0.39, 0.29) is 10.9 Å². The van der Waals surface area contributed by atoms with Gasteiger partial charge in [0.1, 0.15) is 5.52 Å². The van der Waals surface area contributed by atoms with Gasteiger partial charge in [-0.25, -0.2) is 9.78 Å². The van der Waals surface area contributed by atoms with E-state index in [0.29, 0.717) is 22.8 Å². The normalized spacial score (nSPS) is 11.0. The topological polar surface area (TPSA) is 93.8 Å². The molecule has 6 nitrogen and oxygen atoms in total. The number of carboxylic acid groups (broad SMARTS) is 1. The number of furan rings is 1. The van der Waals surface area contributed by atoms with Crippen LogP contribution in [0.25, 0.3) is 17.1 Å². The Labute approximate surface area is 112 Å². The number of pyridine rings is 1. The lowest BCUT2D eigenvalue weighted by Crippen LogP contribution is -2.00. The highest BCUT2D eigenvalue weighted by Crippen LogP contribution is 2.28. The minimum Gasteiger partial charge on any atom is -0.476 e. The second-order valence-corrected chi connectivity index (χ2v) is 4.25. The van der Waals surface area contributed by atoms with Crippen LogP contribution in [-0.4, -0.2) is 20.5 Å². The van der Waals surface area contributed by atoms with Crippen LogP contribution in [-0.2, 0) is 0 Å². The zero-order valence-electron chi connectivity index (χ0n) is 9.50. The number of nitrogens with zero attached hydrogens (tertiary/aromatic N) is 2. The summed E-state index contributed by atoms with van der Waals surface area (Å²) in [5.41, 5.74) is 6.35. The van der Waals surface area contributed by atoms with Gasteiger partial charge in [-0.1, -0.05) is 0 Å². The van der Waals surface area contributed by atoms with Gasteiger partial charge in [0.25, 0.3) is 0 Å². The molecule has 7 heteroatoms. The number of hydrogen-bond acceptors (Lipinski definition) is 4. The van der Waals surface area contributed by atoms with Crippen molar-refractivity contribution in [3.05, 3.63) is 41.4 Å². The summed E-state index contributed by atoms with van der Waals surface area (Å²) in [6.07, 6.45) is 1.66. The van der Waals surface area contributed by atoms with Crippen molar-refractivity contribution in [2.45, 2.75) is 0 Å². The van der Waals surface area contributed by atoms with E-state index in [1.807, 2.05) is 0 Å². The van der Waals surface area contributed by atoms with E-state index in [1.165, 1.54) is 0 Å². The average molecular weight is 278 g/mol. The minimum atomic E-state index is -1.15. The van der Waals surface area contributed by atoms with E-state index in [9.17, 15) is 9.90 Å². The Kier molecular flexibility index (Phi) is 2.46. The number of nitrogen functional groups attached to an aromatic ring is 1. The Morgan fingerprint density at radius 1 is 1.42 bits per heavy atom. The maximum Gasteiger partial charge on any atom is 0.356 e. The molecule has 3 aromatic heterocycles. The van der Waals surface area contributed by atoms with Crippen molar-refractivity contribution in [3.8, 4) is 11.6 Å². The molecule has 3 aromatic rings. The van der Waals surface area contributed by atoms with Gasteiger partial charge in [-0.3, -0.25) is 4.40 Å². The van der Waals surface area contributed by atoms with Crippen LogP contribution in [0.3, 0.4) is 0 Å². The number of rotatable bonds is 2. The molecule has 3 N–H and O–H groups in total. The monoisotopic (exact) mass is 277 g/mol. The molecule has 0 spiro atoms. The highest BCUT2D eigenvalue weighted by Gasteiger charge is 2.21. The predicted octanol–water partition coefficient (Wildman–Crippen LogP) is 2.53. The smallest absolute Gasteiger partial charge is 0.356 e. The minimum absolute atomic E-state index is 0.124. The van der Waals surface area contributed by atoms with E-state index >= 15 is 0 Å². The Hall–Kier alpha value is -2.47. The molecular formula is C12H8ClN3O3. The van der Waals surface area contributed by atoms with Crippen molar-refractivity contribution in [2.75, 3.05) is 5.73 Å². The zero-order chi connectivity index (χ0) is 13.6. The van der Waals surface area contributed by atoms with Gasteiger partial charge in [0.2, 0.25) is 0 Å². The number of carbonyl (C=O) groups is 1. The summed E-state index contributed by atoms with van der Waals surface area (Å²) in [7, 11) is 0. The first kappa shape index (κ1) is 11.6. The van der Waals surface area contributed by atoms with Crippen LogP contribution in [0.5, 0.6) is 0 Å². The highest BCUT2D eigenvalue weighted by molar-refractivity contribution is 6.29. The van der Waals surface area contributed by atoms with Gasteiger partial charge >= 0.3 is 5.97 Å². The molecule has 0 atom stereocenters. The molecule has 0 saturated heterocycles. The second kappa shape index (κ2) is 4.03. The number of anilines is 1. The first-order chi connectivity index (χ1) is 9.08. The maximum atomic E-state index is 11.2. The molecular weight excluding hydrogens is 270 g/mol. The summed E-state index contributed by atoms with van der Waals surface area (Å²) in [5.74, 6) is -0.441. The molecule has 19 heavy (non-hydrogen) atoms. The molecule has 0 bridgehead atoms. The number of carboxylic acids is 1. The largest absolute Gasteiger partial charge is 0.476 e. The third kappa shape index (κ3) is 1.73. The van der Waals surface area contributed by atoms with E-state index < -0.39 is 5.97 Å². The van der Waals surface area contributed by atoms with Gasteiger partial charge in [-0.2, -0.15) is 0 Å². The number of nitrogens with two attached hydrogens (primary N) is 1. The molecule has 0 aromatic carbocycles. The lowest BCUT2D eigenvalue weighted by molar-refractivity contribution is 0.0693. The van der Waals surface area contributed by atoms with Crippen LogP contribution in [0, 0.1) is 0 Å². The van der Waals surface area contributed by atoms with Gasteiger partial charge in [0.15, 0.2) is 22.5 Å². The second-order valence-electron chi connectivity index (χ2n) is 3.88. The first-order valence-electron chi connectivity index (χ1n) is 5.33. The number of fused-ring (bicyclic) bond motifs is 1. The summed E-state index contributed by atoms with van der Waals surface area (Å²) in [5, 5.41) is 9.39. The van der Waals surface area contributed by atoms with Gasteiger partial charge in [-0.15, -0.1) is 0 Å². The Morgan fingerprint density at radius 3 is 2.84 bits per heavy atom. The SMILES string of the molecule is Nc1cccn2c(-c3ccc(Cl)o3)nc(C(=O)O)c12. The lowest BCUT2D eigenvalue weighted by Gasteiger charge is -2.00. The Morgan fingerprint density at radius 2 is 2.21 bits per heavy atom. The summed E-state index contributed by atoms with van der Waals surface area (Å²) < 4.78 is 6.82. The van der Waals surface area contributed by atoms with Crippen LogP contribution >= 0.6 is 11.6 Å². The van der Waals surface area contributed by atoms with E-state index in [1.54, 1.807) is 34.9 Å². The maximum absolute atomic E-state index is 11.2. The fraction of sp³-hybridized carbons (Fsp3) is 0. The number of aromatic carboxylic acids is 1. The van der Waals surface area contributed by atoms with Gasteiger partial charge in [0, 0.05) is 6.20 Å². The van der Waals surface area contributed by atoms with Gasteiger partial charge in [-0.05, 0) is 35.9 Å². The fourth-order valence-corrected chi connectivity index (χ4v) is 2.07. The summed E-state index contributed by atoms with van der Waals surface area (Å²) >= 11 is 5.72. The molecule has 96 valence electrons. The third-order valence-corrected chi connectivity index (χ3v) is 2.89. The molecule has 0 aliphatic carbocycles. The quantitative estimate of drug-likeness (QED) is 0.750. The molecule has 3 rings (SSSR count). The van der Waals surface area contributed by atoms with Crippen molar-refractivity contribution >= 4 is 28.8 Å². The predicted molar refractivity (Wildman–Crippen MR) is 69.3 cm³/mol. The number of imidazole rings is 1. The van der Waals surface area contributed by atoms with Crippen LogP contribution in [0.15, 0.2) is 34.9 Å². The van der Waals surface area contributed by atoms with Gasteiger partial charge in [0.05, 0.1) is 5.69 Å². The van der Waals surface area contributed by atoms with Crippen LogP contribution in [0.1, 0.15) is 10.5 Å². The first-order valence-corrected chi connectivity index (χ1v) is 5.71. The summed E-state index contributed by atoms with van der Waals surface area (Å²) in [4.78, 5) is 15.3. The molecule has 0 amide bonds. The van der Waals surface area contributed by atoms with Gasteiger partial charge < -0.3 is 15.3 Å².